The smallest absolute Gasteiger partial charge is 0.355 e. The van der Waals surface area contributed by atoms with Crippen LogP contribution >= 0.6 is 35.0 Å². The first-order valence-electron chi connectivity index (χ1n) is 7.01. The van der Waals surface area contributed by atoms with E-state index < -0.39 is 5.97 Å². The number of aromatic amines is 1. The zero-order valence-electron chi connectivity index (χ0n) is 12.2. The molecule has 6 heteroatoms. The second-order valence-corrected chi connectivity index (χ2v) is 6.67. The number of hydrogen-bond donors (Lipinski definition) is 1. The molecule has 3 aromatic rings. The molecule has 1 heterocycles. The second kappa shape index (κ2) is 6.87. The normalized spacial score (nSPS) is 10.9. The van der Waals surface area contributed by atoms with Crippen molar-refractivity contribution in [2.45, 2.75) is 16.7 Å². The molecule has 0 fully saturated rings. The molecule has 1 N–H and O–H groups in total. The highest BCUT2D eigenvalue weighted by Gasteiger charge is 2.21. The van der Waals surface area contributed by atoms with Crippen LogP contribution in [0.4, 0.5) is 0 Å². The van der Waals surface area contributed by atoms with E-state index in [4.69, 9.17) is 27.9 Å². The van der Waals surface area contributed by atoms with Gasteiger partial charge < -0.3 is 9.72 Å². The summed E-state index contributed by atoms with van der Waals surface area (Å²) < 4.78 is 5.15. The molecule has 2 aromatic carbocycles. The molecular formula is C17H13Cl2NO2S. The molecule has 23 heavy (non-hydrogen) atoms. The molecule has 0 radical (unpaired) electrons. The number of nitrogens with one attached hydrogen (secondary N) is 1. The molecule has 118 valence electrons. The van der Waals surface area contributed by atoms with Crippen molar-refractivity contribution < 1.29 is 9.53 Å². The van der Waals surface area contributed by atoms with Gasteiger partial charge in [-0.2, -0.15) is 0 Å². The van der Waals surface area contributed by atoms with E-state index in [-0.39, 0.29) is 0 Å². The number of hydrogen-bond acceptors (Lipinski definition) is 3. The van der Waals surface area contributed by atoms with Crippen LogP contribution < -0.4 is 0 Å². The molecule has 3 nitrogen and oxygen atoms in total. The van der Waals surface area contributed by atoms with Gasteiger partial charge in [0.15, 0.2) is 0 Å². The van der Waals surface area contributed by atoms with Gasteiger partial charge in [0.2, 0.25) is 0 Å². The number of ether oxygens (including phenoxy) is 1. The van der Waals surface area contributed by atoms with E-state index in [1.807, 2.05) is 30.3 Å². The summed E-state index contributed by atoms with van der Waals surface area (Å²) in [6.07, 6.45) is 0. The van der Waals surface area contributed by atoms with E-state index in [9.17, 15) is 4.79 Å². The summed E-state index contributed by atoms with van der Waals surface area (Å²) >= 11 is 13.7. The van der Waals surface area contributed by atoms with Crippen LogP contribution in [0.3, 0.4) is 0 Å². The van der Waals surface area contributed by atoms with E-state index in [1.54, 1.807) is 19.1 Å². The van der Waals surface area contributed by atoms with Crippen molar-refractivity contribution in [1.82, 2.24) is 4.98 Å². The molecule has 0 saturated heterocycles. The summed E-state index contributed by atoms with van der Waals surface area (Å²) in [4.78, 5) is 17.2. The molecule has 0 bridgehead atoms. The predicted molar refractivity (Wildman–Crippen MR) is 94.8 cm³/mol. The van der Waals surface area contributed by atoms with Gasteiger partial charge in [-0.05, 0) is 31.2 Å². The third-order valence-corrected chi connectivity index (χ3v) is 5.09. The van der Waals surface area contributed by atoms with Gasteiger partial charge in [-0.15, -0.1) is 0 Å². The Morgan fingerprint density at radius 3 is 2.57 bits per heavy atom. The third kappa shape index (κ3) is 3.34. The third-order valence-electron chi connectivity index (χ3n) is 3.23. The fraction of sp³-hybridized carbons (Fsp3) is 0.118. The highest BCUT2D eigenvalue weighted by Crippen LogP contribution is 2.39. The number of fused-ring (bicyclic) bond motifs is 1. The van der Waals surface area contributed by atoms with Gasteiger partial charge in [0.05, 0.1) is 21.5 Å². The van der Waals surface area contributed by atoms with Crippen LogP contribution in [-0.4, -0.2) is 17.6 Å². The molecule has 0 spiro atoms. The molecule has 0 aliphatic carbocycles. The summed E-state index contributed by atoms with van der Waals surface area (Å²) in [7, 11) is 0. The first kappa shape index (κ1) is 16.2. The van der Waals surface area contributed by atoms with Crippen molar-refractivity contribution in [3.63, 3.8) is 0 Å². The second-order valence-electron chi connectivity index (χ2n) is 4.78. The summed E-state index contributed by atoms with van der Waals surface area (Å²) in [5.41, 5.74) is 1.16. The van der Waals surface area contributed by atoms with Crippen LogP contribution in [0.5, 0.6) is 0 Å². The maximum absolute atomic E-state index is 12.3. The largest absolute Gasteiger partial charge is 0.461 e. The predicted octanol–water partition coefficient (Wildman–Crippen LogP) is 5.80. The summed E-state index contributed by atoms with van der Waals surface area (Å²) in [5.74, 6) is -0.394. The topological polar surface area (TPSA) is 42.1 Å². The molecule has 1 aromatic heterocycles. The first-order valence-corrected chi connectivity index (χ1v) is 8.58. The fourth-order valence-corrected chi connectivity index (χ4v) is 3.60. The van der Waals surface area contributed by atoms with Gasteiger partial charge >= 0.3 is 5.97 Å². The lowest BCUT2D eigenvalue weighted by molar-refractivity contribution is 0.0516. The molecule has 0 aliphatic rings. The highest BCUT2D eigenvalue weighted by molar-refractivity contribution is 7.99. The molecule has 0 unspecified atom stereocenters. The minimum absolute atomic E-state index is 0.311. The molecule has 0 saturated carbocycles. The Hall–Kier alpha value is -1.62. The highest BCUT2D eigenvalue weighted by atomic mass is 35.5. The van der Waals surface area contributed by atoms with Crippen LogP contribution in [0.25, 0.3) is 10.9 Å². The van der Waals surface area contributed by atoms with Crippen molar-refractivity contribution >= 4 is 51.8 Å². The average molecular weight is 366 g/mol. The molecule has 0 atom stereocenters. The number of rotatable bonds is 4. The van der Waals surface area contributed by atoms with Gasteiger partial charge in [-0.25, -0.2) is 4.79 Å². The quantitative estimate of drug-likeness (QED) is 0.593. The summed E-state index contributed by atoms with van der Waals surface area (Å²) in [5, 5.41) is 1.73. The Bertz CT molecular complexity index is 862. The van der Waals surface area contributed by atoms with E-state index >= 15 is 0 Å². The number of esters is 1. The Kier molecular flexibility index (Phi) is 4.85. The lowest BCUT2D eigenvalue weighted by Gasteiger charge is -2.05. The number of H-pyrrole nitrogens is 1. The molecular weight excluding hydrogens is 353 g/mol. The van der Waals surface area contributed by atoms with E-state index in [0.29, 0.717) is 22.3 Å². The minimum Gasteiger partial charge on any atom is -0.461 e. The Labute approximate surface area is 147 Å². The maximum Gasteiger partial charge on any atom is 0.355 e. The SMILES string of the molecule is CCOC(=O)c1[nH]c2cc(Cl)c(Cl)cc2c1Sc1ccccc1. The fourth-order valence-electron chi connectivity index (χ4n) is 2.22. The van der Waals surface area contributed by atoms with Crippen molar-refractivity contribution in [3.05, 3.63) is 58.2 Å². The molecule has 3 rings (SSSR count). The Balaban J connectivity index is 2.16. The van der Waals surface area contributed by atoms with Crippen LogP contribution in [0.15, 0.2) is 52.3 Å². The summed E-state index contributed by atoms with van der Waals surface area (Å²) in [6, 6.07) is 13.3. The average Bonchev–Trinajstić information content (AvgIpc) is 2.87. The minimum atomic E-state index is -0.394. The van der Waals surface area contributed by atoms with Crippen LogP contribution in [0, 0.1) is 0 Å². The zero-order chi connectivity index (χ0) is 16.4. The molecule has 0 amide bonds. The lowest BCUT2D eigenvalue weighted by atomic mass is 10.2. The lowest BCUT2D eigenvalue weighted by Crippen LogP contribution is -2.06. The number of carbonyl (C=O) groups is 1. The number of benzene rings is 2. The monoisotopic (exact) mass is 365 g/mol. The van der Waals surface area contributed by atoms with Crippen LogP contribution in [0.2, 0.25) is 10.0 Å². The number of halogens is 2. The van der Waals surface area contributed by atoms with Crippen molar-refractivity contribution in [3.8, 4) is 0 Å². The Morgan fingerprint density at radius 1 is 1.17 bits per heavy atom. The van der Waals surface area contributed by atoms with Crippen LogP contribution in [-0.2, 0) is 4.74 Å². The van der Waals surface area contributed by atoms with E-state index in [2.05, 4.69) is 4.98 Å². The van der Waals surface area contributed by atoms with Gasteiger partial charge in [0.1, 0.15) is 5.69 Å². The van der Waals surface area contributed by atoms with Gasteiger partial charge in [-0.3, -0.25) is 0 Å². The van der Waals surface area contributed by atoms with E-state index in [1.165, 1.54) is 11.8 Å². The van der Waals surface area contributed by atoms with Crippen molar-refractivity contribution in [2.75, 3.05) is 6.61 Å². The van der Waals surface area contributed by atoms with Gasteiger partial charge in [0, 0.05) is 15.8 Å². The van der Waals surface area contributed by atoms with Crippen molar-refractivity contribution in [2.24, 2.45) is 0 Å². The molecule has 0 aliphatic heterocycles. The number of aromatic nitrogens is 1. The van der Waals surface area contributed by atoms with Crippen LogP contribution in [0.1, 0.15) is 17.4 Å². The first-order chi connectivity index (χ1) is 11.1. The zero-order valence-corrected chi connectivity index (χ0v) is 14.6. The summed E-state index contributed by atoms with van der Waals surface area (Å²) in [6.45, 7) is 2.09. The number of carbonyl (C=O) groups excluding carboxylic acids is 1. The van der Waals surface area contributed by atoms with E-state index in [0.717, 1.165) is 20.7 Å². The Morgan fingerprint density at radius 2 is 1.87 bits per heavy atom. The standard InChI is InChI=1S/C17H13Cl2NO2S/c1-2-22-17(21)15-16(23-10-6-4-3-5-7-10)11-8-12(18)13(19)9-14(11)20-15/h3-9,20H,2H2,1H3. The maximum atomic E-state index is 12.3. The van der Waals surface area contributed by atoms with Gasteiger partial charge in [-0.1, -0.05) is 53.2 Å². The van der Waals surface area contributed by atoms with Crippen molar-refractivity contribution in [1.29, 1.82) is 0 Å². The van der Waals surface area contributed by atoms with Gasteiger partial charge in [0.25, 0.3) is 0 Å².